The molecule has 7 heteroatoms. The van der Waals surface area contributed by atoms with Crippen LogP contribution in [-0.2, 0) is 10.0 Å². The molecular weight excluding hydrogens is 314 g/mol. The van der Waals surface area contributed by atoms with E-state index in [2.05, 4.69) is 10.8 Å². The lowest BCUT2D eigenvalue weighted by molar-refractivity contribution is 0.0697. The summed E-state index contributed by atoms with van der Waals surface area (Å²) in [5.74, 6) is -1.17. The van der Waals surface area contributed by atoms with Gasteiger partial charge in [0, 0.05) is 0 Å². The minimum Gasteiger partial charge on any atom is -0.478 e. The largest absolute Gasteiger partial charge is 0.478 e. The Labute approximate surface area is 127 Å². The average Bonchev–Trinajstić information content (AvgIpc) is 2.41. The van der Waals surface area contributed by atoms with E-state index in [4.69, 9.17) is 16.7 Å². The fourth-order valence-electron chi connectivity index (χ4n) is 1.67. The van der Waals surface area contributed by atoms with Crippen molar-refractivity contribution < 1.29 is 18.3 Å². The number of aromatic carboxylic acids is 1. The molecular formula is C14H11ClNO4S. The highest BCUT2D eigenvalue weighted by atomic mass is 35.5. The fraction of sp³-hybridized carbons (Fsp3) is 0.0714. The van der Waals surface area contributed by atoms with Crippen LogP contribution in [0.2, 0.25) is 5.02 Å². The highest BCUT2D eigenvalue weighted by Gasteiger charge is 2.17. The number of carbonyl (C=O) groups is 1. The molecule has 0 amide bonds. The molecule has 0 aromatic heterocycles. The summed E-state index contributed by atoms with van der Waals surface area (Å²) in [5, 5.41) is 9.04. The summed E-state index contributed by atoms with van der Waals surface area (Å²) >= 11 is 5.90. The van der Waals surface area contributed by atoms with Gasteiger partial charge in [-0.25, -0.2) is 13.2 Å². The number of rotatable bonds is 4. The third kappa shape index (κ3) is 3.53. The normalized spacial score (nSPS) is 11.1. The number of sulfonamides is 1. The quantitative estimate of drug-likeness (QED) is 0.905. The van der Waals surface area contributed by atoms with Gasteiger partial charge < -0.3 is 5.11 Å². The molecule has 21 heavy (non-hydrogen) atoms. The molecule has 109 valence electrons. The van der Waals surface area contributed by atoms with Crippen molar-refractivity contribution in [2.24, 2.45) is 0 Å². The van der Waals surface area contributed by atoms with Crippen LogP contribution in [-0.4, -0.2) is 19.5 Å². The molecule has 0 aliphatic carbocycles. The summed E-state index contributed by atoms with van der Waals surface area (Å²) in [6.45, 7) is 1.72. The van der Waals surface area contributed by atoms with Crippen LogP contribution < -0.4 is 4.72 Å². The Morgan fingerprint density at radius 3 is 2.62 bits per heavy atom. The summed E-state index contributed by atoms with van der Waals surface area (Å²) in [7, 11) is -3.85. The molecule has 0 fully saturated rings. The molecule has 0 atom stereocenters. The summed E-state index contributed by atoms with van der Waals surface area (Å²) in [6, 6.07) is 11.0. The van der Waals surface area contributed by atoms with E-state index < -0.39 is 16.0 Å². The SMILES string of the molecule is Cc1[c]ccc(S(=O)(=O)Nc2cc(C(=O)O)ccc2Cl)c1. The van der Waals surface area contributed by atoms with E-state index in [1.807, 2.05) is 0 Å². The van der Waals surface area contributed by atoms with Crippen LogP contribution in [0.25, 0.3) is 0 Å². The molecule has 0 spiro atoms. The second-order valence-corrected chi connectivity index (χ2v) is 6.40. The maximum atomic E-state index is 12.3. The van der Waals surface area contributed by atoms with Crippen molar-refractivity contribution in [3.63, 3.8) is 0 Å². The first kappa shape index (κ1) is 15.3. The van der Waals surface area contributed by atoms with E-state index in [0.717, 1.165) is 0 Å². The van der Waals surface area contributed by atoms with Crippen LogP contribution in [0.4, 0.5) is 5.69 Å². The van der Waals surface area contributed by atoms with Gasteiger partial charge in [0.2, 0.25) is 0 Å². The van der Waals surface area contributed by atoms with E-state index in [-0.39, 0.29) is 21.2 Å². The van der Waals surface area contributed by atoms with Gasteiger partial charge >= 0.3 is 5.97 Å². The van der Waals surface area contributed by atoms with Crippen molar-refractivity contribution >= 4 is 33.3 Å². The molecule has 2 rings (SSSR count). The van der Waals surface area contributed by atoms with Gasteiger partial charge in [0.25, 0.3) is 10.0 Å². The van der Waals surface area contributed by atoms with Crippen molar-refractivity contribution in [3.05, 3.63) is 58.6 Å². The van der Waals surface area contributed by atoms with Gasteiger partial charge in [0.05, 0.1) is 21.2 Å². The van der Waals surface area contributed by atoms with Crippen LogP contribution >= 0.6 is 11.6 Å². The van der Waals surface area contributed by atoms with Crippen molar-refractivity contribution in [1.82, 2.24) is 0 Å². The van der Waals surface area contributed by atoms with E-state index in [1.165, 1.54) is 36.4 Å². The zero-order chi connectivity index (χ0) is 15.6. The summed E-state index contributed by atoms with van der Waals surface area (Å²) in [6.07, 6.45) is 0. The van der Waals surface area contributed by atoms with E-state index >= 15 is 0 Å². The lowest BCUT2D eigenvalue weighted by Gasteiger charge is -2.10. The Bertz CT molecular complexity index is 802. The van der Waals surface area contributed by atoms with Crippen LogP contribution in [0.3, 0.4) is 0 Å². The smallest absolute Gasteiger partial charge is 0.335 e. The predicted molar refractivity (Wildman–Crippen MR) is 79.2 cm³/mol. The van der Waals surface area contributed by atoms with Crippen molar-refractivity contribution in [1.29, 1.82) is 0 Å². The van der Waals surface area contributed by atoms with E-state index in [1.54, 1.807) is 6.92 Å². The van der Waals surface area contributed by atoms with Crippen molar-refractivity contribution in [3.8, 4) is 0 Å². The van der Waals surface area contributed by atoms with Crippen molar-refractivity contribution in [2.75, 3.05) is 4.72 Å². The van der Waals surface area contributed by atoms with Gasteiger partial charge in [-0.1, -0.05) is 17.7 Å². The monoisotopic (exact) mass is 324 g/mol. The molecule has 0 saturated carbocycles. The lowest BCUT2D eigenvalue weighted by atomic mass is 10.2. The minimum absolute atomic E-state index is 0.0158. The molecule has 0 heterocycles. The number of carboxylic acids is 1. The Morgan fingerprint density at radius 2 is 2.00 bits per heavy atom. The van der Waals surface area contributed by atoms with Crippen LogP contribution in [0.5, 0.6) is 0 Å². The number of hydrogen-bond acceptors (Lipinski definition) is 3. The first-order valence-electron chi connectivity index (χ1n) is 5.83. The van der Waals surface area contributed by atoms with E-state index in [9.17, 15) is 13.2 Å². The van der Waals surface area contributed by atoms with Gasteiger partial charge in [-0.2, -0.15) is 0 Å². The van der Waals surface area contributed by atoms with Crippen molar-refractivity contribution in [2.45, 2.75) is 11.8 Å². The molecule has 0 unspecified atom stereocenters. The van der Waals surface area contributed by atoms with Crippen LogP contribution in [0.15, 0.2) is 41.3 Å². The minimum atomic E-state index is -3.85. The Balaban J connectivity index is 2.41. The lowest BCUT2D eigenvalue weighted by Crippen LogP contribution is -2.14. The molecule has 2 N–H and O–H groups in total. The molecule has 2 aromatic rings. The van der Waals surface area contributed by atoms with Gasteiger partial charge in [-0.15, -0.1) is 0 Å². The number of benzene rings is 2. The number of nitrogens with one attached hydrogen (secondary N) is 1. The number of anilines is 1. The molecule has 0 aliphatic rings. The average molecular weight is 325 g/mol. The first-order chi connectivity index (χ1) is 9.79. The summed E-state index contributed by atoms with van der Waals surface area (Å²) in [4.78, 5) is 11.0. The second-order valence-electron chi connectivity index (χ2n) is 4.31. The maximum Gasteiger partial charge on any atom is 0.335 e. The molecule has 0 bridgehead atoms. The summed E-state index contributed by atoms with van der Waals surface area (Å²) in [5.41, 5.74) is 0.625. The topological polar surface area (TPSA) is 83.5 Å². The highest BCUT2D eigenvalue weighted by molar-refractivity contribution is 7.92. The van der Waals surface area contributed by atoms with Crippen LogP contribution in [0.1, 0.15) is 15.9 Å². The molecule has 2 aromatic carbocycles. The second kappa shape index (κ2) is 5.75. The summed E-state index contributed by atoms with van der Waals surface area (Å²) < 4.78 is 26.8. The third-order valence-corrected chi connectivity index (χ3v) is 4.38. The van der Waals surface area contributed by atoms with E-state index in [0.29, 0.717) is 5.56 Å². The maximum absolute atomic E-state index is 12.3. The molecule has 0 aliphatic heterocycles. The Hall–Kier alpha value is -2.05. The van der Waals surface area contributed by atoms with Gasteiger partial charge in [-0.3, -0.25) is 4.72 Å². The zero-order valence-corrected chi connectivity index (χ0v) is 12.5. The third-order valence-electron chi connectivity index (χ3n) is 2.69. The Kier molecular flexibility index (Phi) is 4.20. The number of aryl methyl sites for hydroxylation is 1. The highest BCUT2D eigenvalue weighted by Crippen LogP contribution is 2.26. The zero-order valence-electron chi connectivity index (χ0n) is 10.9. The fourth-order valence-corrected chi connectivity index (χ4v) is 3.04. The number of halogens is 1. The predicted octanol–water partition coefficient (Wildman–Crippen LogP) is 2.95. The number of hydrogen-bond donors (Lipinski definition) is 2. The molecule has 5 nitrogen and oxygen atoms in total. The van der Waals surface area contributed by atoms with Gasteiger partial charge in [0.15, 0.2) is 0 Å². The number of carboxylic acid groups (broad SMARTS) is 1. The first-order valence-corrected chi connectivity index (χ1v) is 7.70. The molecule has 0 saturated heterocycles. The van der Waals surface area contributed by atoms with Gasteiger partial charge in [0.1, 0.15) is 0 Å². The standard InChI is InChI=1S/C14H11ClNO4S/c1-9-3-2-4-11(7-9)21(19,20)16-13-8-10(14(17)18)5-6-12(13)15/h2,4-8,16H,1H3,(H,17,18). The van der Waals surface area contributed by atoms with Gasteiger partial charge in [-0.05, 0) is 48.9 Å². The van der Waals surface area contributed by atoms with Crippen LogP contribution in [0, 0.1) is 13.0 Å². The Morgan fingerprint density at radius 1 is 1.29 bits per heavy atom. The molecule has 1 radical (unpaired) electrons.